The van der Waals surface area contributed by atoms with Crippen molar-refractivity contribution in [3.8, 4) is 28.7 Å². The van der Waals surface area contributed by atoms with Crippen molar-refractivity contribution in [1.82, 2.24) is 15.5 Å². The van der Waals surface area contributed by atoms with Crippen molar-refractivity contribution in [2.24, 2.45) is 29.0 Å². The van der Waals surface area contributed by atoms with Gasteiger partial charge in [-0.2, -0.15) is 5.26 Å². The maximum Gasteiger partial charge on any atom is 0.251 e. The van der Waals surface area contributed by atoms with Crippen LogP contribution in [0.2, 0.25) is 0 Å². The van der Waals surface area contributed by atoms with E-state index in [1.54, 1.807) is 43.3 Å². The number of carbonyl (C=O) groups excluding carboxylic acids is 6. The number of nitrogens with one attached hydrogen (secondary N) is 2. The lowest BCUT2D eigenvalue weighted by atomic mass is 9.88. The van der Waals surface area contributed by atoms with E-state index in [0.29, 0.717) is 39.3 Å². The quantitative estimate of drug-likeness (QED) is 0.102. The number of aryl methyl sites for hydroxylation is 2. The summed E-state index contributed by atoms with van der Waals surface area (Å²) in [5, 5.41) is 14.7. The smallest absolute Gasteiger partial charge is 0.251 e. The van der Waals surface area contributed by atoms with Crippen molar-refractivity contribution in [2.45, 2.75) is 90.6 Å². The number of nitrogens with two attached hydrogens (primary N) is 3. The van der Waals surface area contributed by atoms with Gasteiger partial charge in [-0.25, -0.2) is 0 Å². The number of carbonyl (C=O) groups is 6. The first kappa shape index (κ1) is 49.7. The molecule has 3 aromatic rings. The minimum absolute atomic E-state index is 0.0360. The van der Waals surface area contributed by atoms with Gasteiger partial charge in [0.05, 0.1) is 18.7 Å². The largest absolute Gasteiger partial charge is 0.492 e. The molecule has 8 N–H and O–H groups in total. The van der Waals surface area contributed by atoms with E-state index in [-0.39, 0.29) is 83.7 Å². The number of fused-ring (bicyclic) bond motifs is 5. The Morgan fingerprint density at radius 1 is 0.937 bits per heavy atom. The topological polar surface area (TPSA) is 250 Å². The molecule has 0 unspecified atom stereocenters. The molecular weight excluding hydrogens is 803 g/mol. The Morgan fingerprint density at radius 2 is 1.62 bits per heavy atom. The maximum atomic E-state index is 14.6. The standard InChI is InChI=1S/C48H63N7O8/c1-5-6-8-32-10-13-37(30(2)23-32)47(60)53-29-36(56)27-35(16-18-50)48(61)55(4)45-34-12-15-44(63-22-20-52)39(28-34)38-25-33(11-14-43(38)62-21-19-51)26-40(41(57)9-7-17-49)54-46(59)31(3)24-42(45)58/h10-15,23,25,28,31,35,40,45H,5-9,16,18-22,24,26-27,29,50-52H2,1-4H3,(H,53,60)(H,54,59)/t31-,35-,40+,45+/m1/s1. The highest BCUT2D eigenvalue weighted by Gasteiger charge is 2.36. The van der Waals surface area contributed by atoms with Crippen LogP contribution < -0.4 is 37.3 Å². The second kappa shape index (κ2) is 24.6. The van der Waals surface area contributed by atoms with Gasteiger partial charge in [0.1, 0.15) is 30.8 Å². The van der Waals surface area contributed by atoms with Crippen LogP contribution in [0, 0.1) is 30.1 Å². The fourth-order valence-electron chi connectivity index (χ4n) is 7.78. The van der Waals surface area contributed by atoms with Gasteiger partial charge < -0.3 is 42.2 Å². The van der Waals surface area contributed by atoms with E-state index in [0.717, 1.165) is 30.4 Å². The van der Waals surface area contributed by atoms with Gasteiger partial charge in [-0.15, -0.1) is 0 Å². The summed E-state index contributed by atoms with van der Waals surface area (Å²) in [5.74, 6) is -3.72. The zero-order chi connectivity index (χ0) is 46.1. The number of rotatable bonds is 21. The van der Waals surface area contributed by atoms with Gasteiger partial charge in [0, 0.05) is 74.3 Å². The molecular formula is C48H63N7O8. The predicted octanol–water partition coefficient (Wildman–Crippen LogP) is 4.04. The zero-order valence-corrected chi connectivity index (χ0v) is 37.0. The molecule has 4 atom stereocenters. The van der Waals surface area contributed by atoms with Crippen molar-refractivity contribution in [3.63, 3.8) is 0 Å². The molecule has 15 nitrogen and oxygen atoms in total. The molecule has 0 aliphatic carbocycles. The molecule has 1 aliphatic rings. The summed E-state index contributed by atoms with van der Waals surface area (Å²) >= 11 is 0. The third kappa shape index (κ3) is 13.8. The highest BCUT2D eigenvalue weighted by molar-refractivity contribution is 5.99. The van der Waals surface area contributed by atoms with Crippen LogP contribution in [0.5, 0.6) is 11.5 Å². The number of Topliss-reactive ketones (excluding diaryl/α,β-unsaturated/α-hetero) is 3. The normalized spacial score (nSPS) is 16.8. The molecule has 15 heteroatoms. The van der Waals surface area contributed by atoms with Crippen LogP contribution in [0.4, 0.5) is 0 Å². The summed E-state index contributed by atoms with van der Waals surface area (Å²) in [7, 11) is 1.47. The second-order valence-electron chi connectivity index (χ2n) is 16.1. The van der Waals surface area contributed by atoms with Crippen molar-refractivity contribution in [2.75, 3.05) is 46.4 Å². The lowest BCUT2D eigenvalue weighted by Gasteiger charge is -2.32. The Kier molecular flexibility index (Phi) is 19.4. The molecule has 0 saturated carbocycles. The number of ketones is 3. The summed E-state index contributed by atoms with van der Waals surface area (Å²) in [6.07, 6.45) is 2.53. The molecule has 1 aliphatic heterocycles. The SMILES string of the molecule is CCCCc1ccc(C(=O)NCC(=O)C[C@@H](CCN)C(=O)N(C)[C@@H]2C(=O)C[C@@H](C)C(=O)N[C@H](C(=O)CCC#N)Cc3ccc(OCCN)c(c3)-c3cc2ccc3OCCN)c(C)c1. The number of nitrogens with zero attached hydrogens (tertiary/aromatic N) is 2. The van der Waals surface area contributed by atoms with Gasteiger partial charge in [-0.05, 0) is 91.7 Å². The Balaban J connectivity index is 1.73. The van der Waals surface area contributed by atoms with Crippen molar-refractivity contribution in [3.05, 3.63) is 82.4 Å². The lowest BCUT2D eigenvalue weighted by Crippen LogP contribution is -2.46. The van der Waals surface area contributed by atoms with Crippen LogP contribution in [0.15, 0.2) is 54.6 Å². The van der Waals surface area contributed by atoms with Crippen LogP contribution >= 0.6 is 0 Å². The Bertz CT molecular complexity index is 2150. The molecule has 0 fully saturated rings. The highest BCUT2D eigenvalue weighted by atomic mass is 16.5. The molecule has 63 heavy (non-hydrogen) atoms. The molecule has 0 radical (unpaired) electrons. The van der Waals surface area contributed by atoms with Gasteiger partial charge >= 0.3 is 0 Å². The fraction of sp³-hybridized carbons (Fsp3) is 0.479. The van der Waals surface area contributed by atoms with Crippen LogP contribution in [-0.2, 0) is 36.8 Å². The predicted molar refractivity (Wildman–Crippen MR) is 240 cm³/mol. The number of amides is 3. The number of benzene rings is 3. The number of hydrogen-bond donors (Lipinski definition) is 5. The molecule has 0 saturated heterocycles. The van der Waals surface area contributed by atoms with Crippen molar-refractivity contribution >= 4 is 35.1 Å². The van der Waals surface area contributed by atoms with Gasteiger partial charge in [0.15, 0.2) is 17.3 Å². The van der Waals surface area contributed by atoms with Crippen LogP contribution in [-0.4, -0.2) is 92.5 Å². The van der Waals surface area contributed by atoms with Crippen molar-refractivity contribution < 1.29 is 38.2 Å². The molecule has 1 heterocycles. The minimum Gasteiger partial charge on any atom is -0.492 e. The van der Waals surface area contributed by atoms with Gasteiger partial charge in [-0.3, -0.25) is 28.8 Å². The Hall–Kier alpha value is -5.95. The van der Waals surface area contributed by atoms with Gasteiger partial charge in [0.2, 0.25) is 11.8 Å². The Labute approximate surface area is 370 Å². The van der Waals surface area contributed by atoms with E-state index in [1.807, 2.05) is 31.2 Å². The summed E-state index contributed by atoms with van der Waals surface area (Å²) in [5.41, 5.74) is 22.1. The van der Waals surface area contributed by atoms with E-state index in [1.165, 1.54) is 11.9 Å². The molecule has 0 spiro atoms. The third-order valence-electron chi connectivity index (χ3n) is 11.2. The van der Waals surface area contributed by atoms with Crippen LogP contribution in [0.1, 0.15) is 97.4 Å². The first-order valence-corrected chi connectivity index (χ1v) is 21.8. The van der Waals surface area contributed by atoms with E-state index in [2.05, 4.69) is 17.6 Å². The number of likely N-dealkylation sites (N-methyl/N-ethyl adjacent to an activating group) is 1. The first-order chi connectivity index (χ1) is 30.3. The molecule has 4 rings (SSSR count). The minimum atomic E-state index is -1.25. The number of unbranched alkanes of at least 4 members (excludes halogenated alkanes) is 1. The molecule has 0 aromatic heterocycles. The average Bonchev–Trinajstić information content (AvgIpc) is 3.27. The number of nitriles is 1. The van der Waals surface area contributed by atoms with Crippen molar-refractivity contribution in [1.29, 1.82) is 5.26 Å². The van der Waals surface area contributed by atoms with E-state index < -0.39 is 53.2 Å². The maximum absolute atomic E-state index is 14.6. The number of ether oxygens (including phenoxy) is 2. The van der Waals surface area contributed by atoms with E-state index >= 15 is 0 Å². The van der Waals surface area contributed by atoms with E-state index in [4.69, 9.17) is 26.7 Å². The average molecular weight is 866 g/mol. The second-order valence-corrected chi connectivity index (χ2v) is 16.1. The third-order valence-corrected chi connectivity index (χ3v) is 11.2. The summed E-state index contributed by atoms with van der Waals surface area (Å²) in [6, 6.07) is 15.8. The lowest BCUT2D eigenvalue weighted by molar-refractivity contribution is -0.143. The molecule has 338 valence electrons. The zero-order valence-electron chi connectivity index (χ0n) is 37.0. The number of hydrogen-bond acceptors (Lipinski definition) is 12. The fourth-order valence-corrected chi connectivity index (χ4v) is 7.78. The summed E-state index contributed by atoms with van der Waals surface area (Å²) in [6.45, 7) is 6.03. The molecule has 4 bridgehead atoms. The van der Waals surface area contributed by atoms with Crippen LogP contribution in [0.3, 0.4) is 0 Å². The van der Waals surface area contributed by atoms with E-state index in [9.17, 15) is 34.0 Å². The monoisotopic (exact) mass is 865 g/mol. The van der Waals surface area contributed by atoms with Gasteiger partial charge in [0.25, 0.3) is 5.91 Å². The molecule has 3 aromatic carbocycles. The molecule has 3 amide bonds. The summed E-state index contributed by atoms with van der Waals surface area (Å²) in [4.78, 5) is 84.2. The first-order valence-electron chi connectivity index (χ1n) is 21.8. The highest BCUT2D eigenvalue weighted by Crippen LogP contribution is 2.41. The van der Waals surface area contributed by atoms with Crippen LogP contribution in [0.25, 0.3) is 11.1 Å². The summed E-state index contributed by atoms with van der Waals surface area (Å²) < 4.78 is 12.2. The van der Waals surface area contributed by atoms with Gasteiger partial charge in [-0.1, -0.05) is 44.5 Å². The Morgan fingerprint density at radius 3 is 2.25 bits per heavy atom.